The summed E-state index contributed by atoms with van der Waals surface area (Å²) in [7, 11) is 1.37. The summed E-state index contributed by atoms with van der Waals surface area (Å²) in [5, 5.41) is 6.65. The SMILES string of the molecule is COC(=O)c1ccnc(NCCCNC2CC2)c1. The number of carbonyl (C=O) groups excluding carboxylic acids is 1. The Labute approximate surface area is 107 Å². The van der Waals surface area contributed by atoms with Gasteiger partial charge in [0.25, 0.3) is 0 Å². The maximum atomic E-state index is 11.3. The van der Waals surface area contributed by atoms with Crippen LogP contribution in [0.2, 0.25) is 0 Å². The number of ether oxygens (including phenoxy) is 1. The van der Waals surface area contributed by atoms with Gasteiger partial charge in [-0.3, -0.25) is 0 Å². The predicted molar refractivity (Wildman–Crippen MR) is 69.7 cm³/mol. The first-order valence-corrected chi connectivity index (χ1v) is 6.31. The first-order valence-electron chi connectivity index (χ1n) is 6.31. The number of esters is 1. The molecule has 2 rings (SSSR count). The number of aromatic nitrogens is 1. The molecule has 0 atom stereocenters. The number of nitrogens with zero attached hydrogens (tertiary/aromatic N) is 1. The van der Waals surface area contributed by atoms with Crippen LogP contribution >= 0.6 is 0 Å². The molecule has 0 radical (unpaired) electrons. The van der Waals surface area contributed by atoms with Crippen molar-refractivity contribution in [3.8, 4) is 0 Å². The second kappa shape index (κ2) is 6.35. The lowest BCUT2D eigenvalue weighted by Gasteiger charge is -2.07. The number of pyridine rings is 1. The Balaban J connectivity index is 1.72. The van der Waals surface area contributed by atoms with Gasteiger partial charge in [0.05, 0.1) is 12.7 Å². The molecule has 0 aliphatic heterocycles. The van der Waals surface area contributed by atoms with E-state index in [-0.39, 0.29) is 5.97 Å². The fraction of sp³-hybridized carbons (Fsp3) is 0.538. The zero-order chi connectivity index (χ0) is 12.8. The number of anilines is 1. The Bertz CT molecular complexity index is 405. The van der Waals surface area contributed by atoms with Gasteiger partial charge in [0.1, 0.15) is 5.82 Å². The van der Waals surface area contributed by atoms with Gasteiger partial charge in [-0.1, -0.05) is 0 Å². The minimum absolute atomic E-state index is 0.337. The summed E-state index contributed by atoms with van der Waals surface area (Å²) in [6, 6.07) is 4.11. The molecule has 0 spiro atoms. The number of rotatable bonds is 7. The molecule has 98 valence electrons. The van der Waals surface area contributed by atoms with E-state index in [1.807, 2.05) is 0 Å². The fourth-order valence-corrected chi connectivity index (χ4v) is 1.67. The summed E-state index contributed by atoms with van der Waals surface area (Å²) in [4.78, 5) is 15.5. The Morgan fingerprint density at radius 1 is 1.50 bits per heavy atom. The Morgan fingerprint density at radius 2 is 2.33 bits per heavy atom. The van der Waals surface area contributed by atoms with Crippen LogP contribution in [0.4, 0.5) is 5.82 Å². The molecular formula is C13H19N3O2. The van der Waals surface area contributed by atoms with Crippen LogP contribution < -0.4 is 10.6 Å². The molecule has 0 bridgehead atoms. The van der Waals surface area contributed by atoms with E-state index in [1.54, 1.807) is 18.3 Å². The zero-order valence-corrected chi connectivity index (χ0v) is 10.6. The highest BCUT2D eigenvalue weighted by atomic mass is 16.5. The molecule has 1 aliphatic rings. The van der Waals surface area contributed by atoms with Crippen LogP contribution in [0.5, 0.6) is 0 Å². The number of methoxy groups -OCH3 is 1. The predicted octanol–water partition coefficient (Wildman–Crippen LogP) is 1.42. The first kappa shape index (κ1) is 12.8. The third kappa shape index (κ3) is 4.00. The van der Waals surface area contributed by atoms with Gasteiger partial charge in [-0.2, -0.15) is 0 Å². The van der Waals surface area contributed by atoms with Crippen LogP contribution in [0, 0.1) is 0 Å². The number of nitrogens with one attached hydrogen (secondary N) is 2. The lowest BCUT2D eigenvalue weighted by Crippen LogP contribution is -2.20. The van der Waals surface area contributed by atoms with Gasteiger partial charge in [0.15, 0.2) is 0 Å². The summed E-state index contributed by atoms with van der Waals surface area (Å²) < 4.78 is 4.66. The molecule has 1 aromatic rings. The van der Waals surface area contributed by atoms with Crippen molar-refractivity contribution >= 4 is 11.8 Å². The van der Waals surface area contributed by atoms with Gasteiger partial charge in [0, 0.05) is 18.8 Å². The fourth-order valence-electron chi connectivity index (χ4n) is 1.67. The van der Waals surface area contributed by atoms with Crippen LogP contribution in [-0.4, -0.2) is 37.2 Å². The second-order valence-corrected chi connectivity index (χ2v) is 4.43. The average molecular weight is 249 g/mol. The van der Waals surface area contributed by atoms with Crippen LogP contribution in [0.1, 0.15) is 29.6 Å². The average Bonchev–Trinajstić information content (AvgIpc) is 3.22. The number of carbonyl (C=O) groups is 1. The van der Waals surface area contributed by atoms with E-state index in [4.69, 9.17) is 0 Å². The third-order valence-electron chi connectivity index (χ3n) is 2.85. The van der Waals surface area contributed by atoms with Crippen molar-refractivity contribution < 1.29 is 9.53 Å². The molecule has 5 heteroatoms. The lowest BCUT2D eigenvalue weighted by molar-refractivity contribution is 0.0600. The molecule has 2 N–H and O–H groups in total. The Morgan fingerprint density at radius 3 is 3.06 bits per heavy atom. The highest BCUT2D eigenvalue weighted by Crippen LogP contribution is 2.18. The van der Waals surface area contributed by atoms with Crippen molar-refractivity contribution in [2.24, 2.45) is 0 Å². The van der Waals surface area contributed by atoms with Gasteiger partial charge < -0.3 is 15.4 Å². The molecule has 1 aromatic heterocycles. The Kier molecular flexibility index (Phi) is 4.52. The molecule has 0 unspecified atom stereocenters. The smallest absolute Gasteiger partial charge is 0.338 e. The van der Waals surface area contributed by atoms with Gasteiger partial charge in [-0.25, -0.2) is 9.78 Å². The van der Waals surface area contributed by atoms with E-state index in [0.29, 0.717) is 11.4 Å². The van der Waals surface area contributed by atoms with Crippen molar-refractivity contribution in [1.82, 2.24) is 10.3 Å². The molecule has 1 fully saturated rings. The van der Waals surface area contributed by atoms with Crippen LogP contribution in [-0.2, 0) is 4.74 Å². The second-order valence-electron chi connectivity index (χ2n) is 4.43. The standard InChI is InChI=1S/C13H19N3O2/c1-18-13(17)10-5-8-16-12(9-10)15-7-2-6-14-11-3-4-11/h5,8-9,11,14H,2-4,6-7H2,1H3,(H,15,16). The maximum Gasteiger partial charge on any atom is 0.338 e. The van der Waals surface area contributed by atoms with Crippen molar-refractivity contribution in [2.45, 2.75) is 25.3 Å². The van der Waals surface area contributed by atoms with Gasteiger partial charge in [0.2, 0.25) is 0 Å². The number of hydrogen-bond acceptors (Lipinski definition) is 5. The van der Waals surface area contributed by atoms with Crippen LogP contribution in [0.15, 0.2) is 18.3 Å². The van der Waals surface area contributed by atoms with Crippen molar-refractivity contribution in [1.29, 1.82) is 0 Å². The zero-order valence-electron chi connectivity index (χ0n) is 10.6. The summed E-state index contributed by atoms with van der Waals surface area (Å²) in [5.74, 6) is 0.375. The molecular weight excluding hydrogens is 230 g/mol. The summed E-state index contributed by atoms with van der Waals surface area (Å²) in [6.45, 7) is 1.87. The normalized spacial score (nSPS) is 14.3. The molecule has 1 aliphatic carbocycles. The summed E-state index contributed by atoms with van der Waals surface area (Å²) >= 11 is 0. The van der Waals surface area contributed by atoms with E-state index in [2.05, 4.69) is 20.4 Å². The number of hydrogen-bond donors (Lipinski definition) is 2. The molecule has 0 amide bonds. The molecule has 5 nitrogen and oxygen atoms in total. The largest absolute Gasteiger partial charge is 0.465 e. The minimum atomic E-state index is -0.337. The van der Waals surface area contributed by atoms with Crippen LogP contribution in [0.25, 0.3) is 0 Å². The third-order valence-corrected chi connectivity index (χ3v) is 2.85. The lowest BCUT2D eigenvalue weighted by atomic mass is 10.2. The Hall–Kier alpha value is -1.62. The van der Waals surface area contributed by atoms with Gasteiger partial charge in [-0.05, 0) is 37.9 Å². The molecule has 0 saturated heterocycles. The first-order chi connectivity index (χ1) is 8.79. The van der Waals surface area contributed by atoms with Gasteiger partial charge in [-0.15, -0.1) is 0 Å². The molecule has 0 aromatic carbocycles. The highest BCUT2D eigenvalue weighted by Gasteiger charge is 2.19. The maximum absolute atomic E-state index is 11.3. The van der Waals surface area contributed by atoms with E-state index in [9.17, 15) is 4.79 Å². The molecule has 18 heavy (non-hydrogen) atoms. The van der Waals surface area contributed by atoms with Crippen LogP contribution in [0.3, 0.4) is 0 Å². The quantitative estimate of drug-likeness (QED) is 0.565. The van der Waals surface area contributed by atoms with E-state index < -0.39 is 0 Å². The van der Waals surface area contributed by atoms with E-state index in [1.165, 1.54) is 20.0 Å². The minimum Gasteiger partial charge on any atom is -0.465 e. The van der Waals surface area contributed by atoms with E-state index >= 15 is 0 Å². The van der Waals surface area contributed by atoms with Crippen molar-refractivity contribution in [3.05, 3.63) is 23.9 Å². The van der Waals surface area contributed by atoms with Crippen molar-refractivity contribution in [3.63, 3.8) is 0 Å². The molecule has 1 saturated carbocycles. The van der Waals surface area contributed by atoms with Gasteiger partial charge >= 0.3 is 5.97 Å². The van der Waals surface area contributed by atoms with E-state index in [0.717, 1.165) is 25.6 Å². The molecule has 1 heterocycles. The summed E-state index contributed by atoms with van der Waals surface area (Å²) in [5.41, 5.74) is 0.520. The summed E-state index contributed by atoms with van der Waals surface area (Å²) in [6.07, 6.45) is 5.28. The van der Waals surface area contributed by atoms with Crippen molar-refractivity contribution in [2.75, 3.05) is 25.5 Å². The highest BCUT2D eigenvalue weighted by molar-refractivity contribution is 5.89. The monoisotopic (exact) mass is 249 g/mol. The topological polar surface area (TPSA) is 63.2 Å².